The first kappa shape index (κ1) is 14.1. The van der Waals surface area contributed by atoms with Gasteiger partial charge < -0.3 is 11.1 Å². The third kappa shape index (κ3) is 2.52. The van der Waals surface area contributed by atoms with Crippen molar-refractivity contribution in [2.75, 3.05) is 11.1 Å². The summed E-state index contributed by atoms with van der Waals surface area (Å²) in [5.74, 6) is 0.341. The maximum atomic E-state index is 13.1. The van der Waals surface area contributed by atoms with E-state index in [2.05, 4.69) is 20.4 Å². The molecule has 2 aromatic heterocycles. The number of hydrogen-bond acceptors (Lipinski definition) is 5. The van der Waals surface area contributed by atoms with Crippen molar-refractivity contribution in [3.63, 3.8) is 0 Å². The molecule has 0 fully saturated rings. The number of hydrogen-bond donors (Lipinski definition) is 2. The molecule has 7 heteroatoms. The summed E-state index contributed by atoms with van der Waals surface area (Å²) < 4.78 is 14.7. The van der Waals surface area contributed by atoms with E-state index in [-0.39, 0.29) is 5.82 Å². The van der Waals surface area contributed by atoms with Crippen LogP contribution in [0.25, 0.3) is 16.7 Å². The van der Waals surface area contributed by atoms with Crippen LogP contribution in [0.15, 0.2) is 61.1 Å². The Balaban J connectivity index is 1.76. The molecule has 6 nitrogen and oxygen atoms in total. The molecule has 3 N–H and O–H groups in total. The summed E-state index contributed by atoms with van der Waals surface area (Å²) in [5.41, 5.74) is 8.61. The Hall–Kier alpha value is -3.48. The molecule has 0 saturated carbocycles. The van der Waals surface area contributed by atoms with Gasteiger partial charge in [0.1, 0.15) is 18.0 Å². The van der Waals surface area contributed by atoms with Crippen molar-refractivity contribution in [1.29, 1.82) is 0 Å². The maximum Gasteiger partial charge on any atom is 0.168 e. The number of anilines is 3. The molecule has 0 aliphatic rings. The van der Waals surface area contributed by atoms with Gasteiger partial charge in [-0.2, -0.15) is 5.10 Å². The molecule has 0 atom stereocenters. The fourth-order valence-corrected chi connectivity index (χ4v) is 2.42. The minimum Gasteiger partial charge on any atom is -0.399 e. The zero-order valence-corrected chi connectivity index (χ0v) is 12.5. The van der Waals surface area contributed by atoms with Crippen molar-refractivity contribution in [3.05, 3.63) is 66.9 Å². The van der Waals surface area contributed by atoms with Crippen LogP contribution in [0.2, 0.25) is 0 Å². The van der Waals surface area contributed by atoms with E-state index in [0.717, 1.165) is 16.8 Å². The first-order chi connectivity index (χ1) is 11.7. The van der Waals surface area contributed by atoms with Gasteiger partial charge in [0.2, 0.25) is 0 Å². The lowest BCUT2D eigenvalue weighted by atomic mass is 10.3. The number of halogens is 1. The fourth-order valence-electron chi connectivity index (χ4n) is 2.42. The van der Waals surface area contributed by atoms with Gasteiger partial charge in [0.25, 0.3) is 0 Å². The molecule has 4 aromatic rings. The van der Waals surface area contributed by atoms with E-state index >= 15 is 0 Å². The molecule has 2 aromatic carbocycles. The van der Waals surface area contributed by atoms with Crippen LogP contribution in [0.5, 0.6) is 0 Å². The number of nitrogens with zero attached hydrogens (tertiary/aromatic N) is 4. The molecule has 118 valence electrons. The molecule has 0 aliphatic carbocycles. The van der Waals surface area contributed by atoms with Crippen molar-refractivity contribution >= 4 is 28.2 Å². The highest BCUT2D eigenvalue weighted by Crippen LogP contribution is 2.24. The Morgan fingerprint density at radius 1 is 0.958 bits per heavy atom. The zero-order valence-electron chi connectivity index (χ0n) is 12.5. The number of aromatic nitrogens is 4. The quantitative estimate of drug-likeness (QED) is 0.566. The van der Waals surface area contributed by atoms with Crippen LogP contribution in [0.3, 0.4) is 0 Å². The van der Waals surface area contributed by atoms with E-state index in [4.69, 9.17) is 5.73 Å². The van der Waals surface area contributed by atoms with Crippen LogP contribution in [-0.4, -0.2) is 19.7 Å². The molecule has 0 unspecified atom stereocenters. The number of fused-ring (bicyclic) bond motifs is 1. The summed E-state index contributed by atoms with van der Waals surface area (Å²) in [6.45, 7) is 0. The molecule has 2 heterocycles. The standard InChI is InChI=1S/C17H13FN6/c18-11-1-7-14(8-2-11)24-17-15(9-22-24)16(20-10-21-17)23-13-5-3-12(19)4-6-13/h1-10H,19H2,(H,20,21,23). The normalized spacial score (nSPS) is 10.9. The van der Waals surface area contributed by atoms with Gasteiger partial charge in [-0.1, -0.05) is 0 Å². The smallest absolute Gasteiger partial charge is 0.168 e. The summed E-state index contributed by atoms with van der Waals surface area (Å²) in [6.07, 6.45) is 3.14. The summed E-state index contributed by atoms with van der Waals surface area (Å²) >= 11 is 0. The summed E-state index contributed by atoms with van der Waals surface area (Å²) in [6, 6.07) is 13.4. The first-order valence-electron chi connectivity index (χ1n) is 7.28. The van der Waals surface area contributed by atoms with E-state index in [0.29, 0.717) is 17.2 Å². The highest BCUT2D eigenvalue weighted by molar-refractivity contribution is 5.89. The first-order valence-corrected chi connectivity index (χ1v) is 7.28. The molecule has 0 aliphatic heterocycles. The predicted molar refractivity (Wildman–Crippen MR) is 90.8 cm³/mol. The van der Waals surface area contributed by atoms with Crippen molar-refractivity contribution in [2.45, 2.75) is 0 Å². The van der Waals surface area contributed by atoms with Crippen LogP contribution >= 0.6 is 0 Å². The Morgan fingerprint density at radius 2 is 1.71 bits per heavy atom. The number of benzene rings is 2. The average Bonchev–Trinajstić information content (AvgIpc) is 3.03. The van der Waals surface area contributed by atoms with E-state index in [1.165, 1.54) is 18.5 Å². The molecular formula is C17H13FN6. The van der Waals surface area contributed by atoms with Crippen molar-refractivity contribution in [3.8, 4) is 5.69 Å². The number of rotatable bonds is 3. The van der Waals surface area contributed by atoms with Crippen LogP contribution in [0, 0.1) is 5.82 Å². The third-order valence-corrected chi connectivity index (χ3v) is 3.61. The van der Waals surface area contributed by atoms with Crippen LogP contribution < -0.4 is 11.1 Å². The van der Waals surface area contributed by atoms with E-state index in [1.54, 1.807) is 23.0 Å². The fraction of sp³-hybridized carbons (Fsp3) is 0. The monoisotopic (exact) mass is 320 g/mol. The lowest BCUT2D eigenvalue weighted by Gasteiger charge is -2.07. The Morgan fingerprint density at radius 3 is 2.46 bits per heavy atom. The minimum absolute atomic E-state index is 0.296. The average molecular weight is 320 g/mol. The van der Waals surface area contributed by atoms with Crippen molar-refractivity contribution in [2.24, 2.45) is 0 Å². The van der Waals surface area contributed by atoms with E-state index in [9.17, 15) is 4.39 Å². The topological polar surface area (TPSA) is 81.7 Å². The molecular weight excluding hydrogens is 307 g/mol. The van der Waals surface area contributed by atoms with Crippen LogP contribution in [0.4, 0.5) is 21.6 Å². The van der Waals surface area contributed by atoms with Gasteiger partial charge in [0.15, 0.2) is 5.65 Å². The lowest BCUT2D eigenvalue weighted by molar-refractivity contribution is 0.627. The SMILES string of the molecule is Nc1ccc(Nc2ncnc3c2cnn3-c2ccc(F)cc2)cc1. The summed E-state index contributed by atoms with van der Waals surface area (Å²) in [7, 11) is 0. The largest absolute Gasteiger partial charge is 0.399 e. The summed E-state index contributed by atoms with van der Waals surface area (Å²) in [4.78, 5) is 8.57. The van der Waals surface area contributed by atoms with Gasteiger partial charge in [-0.3, -0.25) is 0 Å². The molecule has 0 radical (unpaired) electrons. The van der Waals surface area contributed by atoms with Crippen molar-refractivity contribution < 1.29 is 4.39 Å². The van der Waals surface area contributed by atoms with Gasteiger partial charge in [-0.15, -0.1) is 0 Å². The minimum atomic E-state index is -0.296. The second-order valence-corrected chi connectivity index (χ2v) is 5.24. The molecule has 0 spiro atoms. The molecule has 24 heavy (non-hydrogen) atoms. The second kappa shape index (κ2) is 5.62. The Labute approximate surface area is 136 Å². The van der Waals surface area contributed by atoms with Crippen molar-refractivity contribution in [1.82, 2.24) is 19.7 Å². The number of nitrogen functional groups attached to an aromatic ring is 1. The Kier molecular flexibility index (Phi) is 3.31. The Bertz CT molecular complexity index is 992. The van der Waals surface area contributed by atoms with Gasteiger partial charge >= 0.3 is 0 Å². The summed E-state index contributed by atoms with van der Waals surface area (Å²) in [5, 5.41) is 8.33. The number of nitrogens with one attached hydrogen (secondary N) is 1. The zero-order chi connectivity index (χ0) is 16.5. The molecule has 4 rings (SSSR count). The lowest BCUT2D eigenvalue weighted by Crippen LogP contribution is -1.99. The molecule has 0 amide bonds. The third-order valence-electron chi connectivity index (χ3n) is 3.61. The van der Waals surface area contributed by atoms with Gasteiger partial charge in [0.05, 0.1) is 17.3 Å². The van der Waals surface area contributed by atoms with Gasteiger partial charge in [-0.05, 0) is 48.5 Å². The number of nitrogens with two attached hydrogens (primary N) is 1. The predicted octanol–water partition coefficient (Wildman–Crippen LogP) is 3.28. The highest BCUT2D eigenvalue weighted by Gasteiger charge is 2.11. The highest BCUT2D eigenvalue weighted by atomic mass is 19.1. The molecule has 0 bridgehead atoms. The van der Waals surface area contributed by atoms with Gasteiger partial charge in [0, 0.05) is 11.4 Å². The molecule has 0 saturated heterocycles. The van der Waals surface area contributed by atoms with E-state index in [1.807, 2.05) is 24.3 Å². The van der Waals surface area contributed by atoms with Crippen LogP contribution in [0.1, 0.15) is 0 Å². The van der Waals surface area contributed by atoms with E-state index < -0.39 is 0 Å². The van der Waals surface area contributed by atoms with Crippen LogP contribution in [-0.2, 0) is 0 Å². The van der Waals surface area contributed by atoms with Gasteiger partial charge in [-0.25, -0.2) is 19.0 Å². The maximum absolute atomic E-state index is 13.1. The second-order valence-electron chi connectivity index (χ2n) is 5.24.